The highest BCUT2D eigenvalue weighted by Gasteiger charge is 2.28. The summed E-state index contributed by atoms with van der Waals surface area (Å²) in [6.45, 7) is 11.5. The number of fused-ring (bicyclic) bond motifs is 3. The van der Waals surface area contributed by atoms with Crippen LogP contribution >= 0.6 is 23.1 Å². The molecule has 0 bridgehead atoms. The minimum Gasteiger partial charge on any atom is -0.372 e. The number of thioether (sulfide) groups is 1. The molecule has 0 spiro atoms. The summed E-state index contributed by atoms with van der Waals surface area (Å²) in [6, 6.07) is 0. The van der Waals surface area contributed by atoms with Gasteiger partial charge in [0, 0.05) is 23.6 Å². The molecule has 4 nitrogen and oxygen atoms in total. The van der Waals surface area contributed by atoms with Gasteiger partial charge in [-0.15, -0.1) is 17.9 Å². The molecule has 0 fully saturated rings. The molecule has 6 heteroatoms. The lowest BCUT2D eigenvalue weighted by molar-refractivity contribution is 0.00200. The summed E-state index contributed by atoms with van der Waals surface area (Å²) in [6.07, 6.45) is 7.66. The number of ether oxygens (including phenoxy) is 1. The first-order chi connectivity index (χ1) is 13.1. The number of thiophene rings is 1. The molecule has 0 saturated carbocycles. The Morgan fingerprint density at radius 2 is 2.22 bits per heavy atom. The van der Waals surface area contributed by atoms with E-state index >= 15 is 0 Å². The molecule has 148 valence electrons. The average molecular weight is 407 g/mol. The molecule has 1 atom stereocenters. The van der Waals surface area contributed by atoms with Crippen molar-refractivity contribution in [2.45, 2.75) is 77.3 Å². The molecule has 0 unspecified atom stereocenters. The Kier molecular flexibility index (Phi) is 7.17. The maximum Gasteiger partial charge on any atom is 0.263 e. The first-order valence-electron chi connectivity index (χ1n) is 9.97. The fourth-order valence-electron chi connectivity index (χ4n) is 3.46. The van der Waals surface area contributed by atoms with E-state index in [1.807, 2.05) is 0 Å². The van der Waals surface area contributed by atoms with Gasteiger partial charge in [-0.25, -0.2) is 4.98 Å². The SMILES string of the molecule is C=CCn1c(SCCCCCC)nc2sc3c(c2c1=O)C[C@@H](C(C)C)OC3. The standard InChI is InChI=1S/C21H30N2O2S2/c1-5-7-8-9-11-26-21-22-19-18(20(24)23(21)10-6-2)15-12-16(14(3)4)25-13-17(15)27-19/h6,14,16H,2,5,7-13H2,1,3-4H3/t16-/m0/s1. The molecule has 2 aromatic heterocycles. The van der Waals surface area contributed by atoms with Crippen molar-refractivity contribution in [2.75, 3.05) is 5.75 Å². The first kappa shape index (κ1) is 20.6. The predicted octanol–water partition coefficient (Wildman–Crippen LogP) is 5.41. The maximum absolute atomic E-state index is 13.3. The fourth-order valence-corrected chi connectivity index (χ4v) is 5.63. The second-order valence-electron chi connectivity index (χ2n) is 7.49. The summed E-state index contributed by atoms with van der Waals surface area (Å²) in [5.74, 6) is 1.44. The first-order valence-corrected chi connectivity index (χ1v) is 11.8. The van der Waals surface area contributed by atoms with Crippen molar-refractivity contribution in [3.8, 4) is 0 Å². The van der Waals surface area contributed by atoms with Gasteiger partial charge in [-0.2, -0.15) is 0 Å². The number of rotatable bonds is 9. The normalized spacial score (nSPS) is 16.8. The summed E-state index contributed by atoms with van der Waals surface area (Å²) in [5, 5.41) is 1.63. The molecule has 3 heterocycles. The molecule has 27 heavy (non-hydrogen) atoms. The van der Waals surface area contributed by atoms with Crippen molar-refractivity contribution in [1.82, 2.24) is 9.55 Å². The summed E-state index contributed by atoms with van der Waals surface area (Å²) < 4.78 is 7.80. The highest BCUT2D eigenvalue weighted by atomic mass is 32.2. The van der Waals surface area contributed by atoms with E-state index in [9.17, 15) is 4.79 Å². The Hall–Kier alpha value is -1.11. The number of hydrogen-bond donors (Lipinski definition) is 0. The Morgan fingerprint density at radius 3 is 2.93 bits per heavy atom. The zero-order valence-electron chi connectivity index (χ0n) is 16.6. The van der Waals surface area contributed by atoms with E-state index in [1.54, 1.807) is 33.7 Å². The van der Waals surface area contributed by atoms with Crippen LogP contribution in [-0.4, -0.2) is 21.4 Å². The van der Waals surface area contributed by atoms with Crippen molar-refractivity contribution >= 4 is 33.3 Å². The maximum atomic E-state index is 13.3. The minimum atomic E-state index is 0.0814. The number of hydrogen-bond acceptors (Lipinski definition) is 5. The van der Waals surface area contributed by atoms with Crippen molar-refractivity contribution in [3.05, 3.63) is 33.4 Å². The van der Waals surface area contributed by atoms with E-state index in [0.717, 1.165) is 39.5 Å². The van der Waals surface area contributed by atoms with E-state index in [1.165, 1.54) is 24.1 Å². The second-order valence-corrected chi connectivity index (χ2v) is 9.64. The number of allylic oxidation sites excluding steroid dienone is 1. The lowest BCUT2D eigenvalue weighted by Gasteiger charge is -2.26. The van der Waals surface area contributed by atoms with Gasteiger partial charge in [0.1, 0.15) is 4.83 Å². The van der Waals surface area contributed by atoms with Crippen LogP contribution in [0.25, 0.3) is 10.2 Å². The Bertz CT molecular complexity index is 854. The zero-order chi connectivity index (χ0) is 19.4. The van der Waals surface area contributed by atoms with Gasteiger partial charge in [-0.1, -0.05) is 57.9 Å². The number of aromatic nitrogens is 2. The van der Waals surface area contributed by atoms with Crippen LogP contribution in [0.4, 0.5) is 0 Å². The van der Waals surface area contributed by atoms with E-state index < -0.39 is 0 Å². The Labute approximate surface area is 170 Å². The second kappa shape index (κ2) is 9.39. The van der Waals surface area contributed by atoms with E-state index in [2.05, 4.69) is 27.4 Å². The van der Waals surface area contributed by atoms with E-state index in [-0.39, 0.29) is 11.7 Å². The van der Waals surface area contributed by atoms with Gasteiger partial charge in [-0.05, 0) is 17.9 Å². The van der Waals surface area contributed by atoms with Crippen LogP contribution in [0.3, 0.4) is 0 Å². The molecular weight excluding hydrogens is 376 g/mol. The lowest BCUT2D eigenvalue weighted by atomic mass is 9.96. The summed E-state index contributed by atoms with van der Waals surface area (Å²) in [5.41, 5.74) is 1.24. The van der Waals surface area contributed by atoms with Gasteiger partial charge in [0.05, 0.1) is 18.1 Å². The topological polar surface area (TPSA) is 44.1 Å². The van der Waals surface area contributed by atoms with Crippen molar-refractivity contribution in [1.29, 1.82) is 0 Å². The van der Waals surface area contributed by atoms with Gasteiger partial charge < -0.3 is 4.74 Å². The molecule has 0 aromatic carbocycles. The summed E-state index contributed by atoms with van der Waals surface area (Å²) in [4.78, 5) is 20.2. The van der Waals surface area contributed by atoms with Crippen LogP contribution in [0.1, 0.15) is 56.9 Å². The van der Waals surface area contributed by atoms with Crippen LogP contribution in [0.2, 0.25) is 0 Å². The van der Waals surface area contributed by atoms with Gasteiger partial charge in [0.2, 0.25) is 0 Å². The monoisotopic (exact) mass is 406 g/mol. The Morgan fingerprint density at radius 1 is 1.41 bits per heavy atom. The molecule has 0 saturated heterocycles. The Balaban J connectivity index is 1.95. The fraction of sp³-hybridized carbons (Fsp3) is 0.619. The van der Waals surface area contributed by atoms with Crippen LogP contribution in [0.15, 0.2) is 22.6 Å². The molecular formula is C21H30N2O2S2. The van der Waals surface area contributed by atoms with Crippen LogP contribution in [-0.2, 0) is 24.3 Å². The van der Waals surface area contributed by atoms with Gasteiger partial charge >= 0.3 is 0 Å². The number of unbranched alkanes of at least 4 members (excludes halogenated alkanes) is 3. The largest absolute Gasteiger partial charge is 0.372 e. The smallest absolute Gasteiger partial charge is 0.263 e. The van der Waals surface area contributed by atoms with E-state index in [0.29, 0.717) is 19.1 Å². The van der Waals surface area contributed by atoms with Crippen molar-refractivity contribution < 1.29 is 4.74 Å². The zero-order valence-corrected chi connectivity index (χ0v) is 18.3. The van der Waals surface area contributed by atoms with Crippen LogP contribution < -0.4 is 5.56 Å². The molecule has 1 aliphatic heterocycles. The van der Waals surface area contributed by atoms with Gasteiger partial charge in [0.15, 0.2) is 5.16 Å². The van der Waals surface area contributed by atoms with Crippen LogP contribution in [0, 0.1) is 5.92 Å². The number of nitrogens with zero attached hydrogens (tertiary/aromatic N) is 2. The van der Waals surface area contributed by atoms with Crippen molar-refractivity contribution in [3.63, 3.8) is 0 Å². The molecule has 0 aliphatic carbocycles. The highest BCUT2D eigenvalue weighted by Crippen LogP contribution is 2.35. The average Bonchev–Trinajstić information content (AvgIpc) is 3.02. The molecule has 3 rings (SSSR count). The third-order valence-corrected chi connectivity index (χ3v) is 7.24. The summed E-state index contributed by atoms with van der Waals surface area (Å²) >= 11 is 3.32. The van der Waals surface area contributed by atoms with Crippen molar-refractivity contribution in [2.24, 2.45) is 5.92 Å². The minimum absolute atomic E-state index is 0.0814. The van der Waals surface area contributed by atoms with E-state index in [4.69, 9.17) is 9.72 Å². The molecule has 0 amide bonds. The lowest BCUT2D eigenvalue weighted by Crippen LogP contribution is -2.28. The third kappa shape index (κ3) is 4.49. The molecule has 0 N–H and O–H groups in total. The van der Waals surface area contributed by atoms with Gasteiger partial charge in [-0.3, -0.25) is 9.36 Å². The molecule has 1 aliphatic rings. The highest BCUT2D eigenvalue weighted by molar-refractivity contribution is 7.99. The summed E-state index contributed by atoms with van der Waals surface area (Å²) in [7, 11) is 0. The molecule has 2 aromatic rings. The van der Waals surface area contributed by atoms with Crippen LogP contribution in [0.5, 0.6) is 0 Å². The third-order valence-electron chi connectivity index (χ3n) is 5.08. The van der Waals surface area contributed by atoms with Gasteiger partial charge in [0.25, 0.3) is 5.56 Å². The quantitative estimate of drug-likeness (QED) is 0.242. The molecule has 0 radical (unpaired) electrons. The predicted molar refractivity (Wildman–Crippen MR) is 116 cm³/mol.